The van der Waals surface area contributed by atoms with Crippen LogP contribution in [0.15, 0.2) is 0 Å². The van der Waals surface area contributed by atoms with E-state index in [-0.39, 0.29) is 0 Å². The number of hydrogen-bond acceptors (Lipinski definition) is 0. The van der Waals surface area contributed by atoms with Crippen LogP contribution in [0.3, 0.4) is 0 Å². The molecule has 19 heavy (non-hydrogen) atoms. The zero-order chi connectivity index (χ0) is 14.5. The number of unbranched alkanes of at least 4 members (excludes halogenated alkanes) is 2. The van der Waals surface area contributed by atoms with Crippen LogP contribution in [-0.2, 0) is 0 Å². The first-order valence-corrected chi connectivity index (χ1v) is 8.49. The van der Waals surface area contributed by atoms with E-state index in [1.54, 1.807) is 0 Å². The summed E-state index contributed by atoms with van der Waals surface area (Å²) in [6, 6.07) is 0. The standard InChI is InChI=1S/C19H36/c1-6-7-8-9-13-18(4)15-11-16-19(5)14-10-12-17(2)3/h1,17-19H,7-16H2,2-5H3. The molecule has 0 saturated heterocycles. The maximum Gasteiger partial charge on any atom is 0.00860 e. The van der Waals surface area contributed by atoms with Crippen molar-refractivity contribution >= 4 is 0 Å². The Hall–Kier alpha value is -0.440. The van der Waals surface area contributed by atoms with Crippen molar-refractivity contribution in [1.82, 2.24) is 0 Å². The summed E-state index contributed by atoms with van der Waals surface area (Å²) in [6.07, 6.45) is 18.6. The molecular weight excluding hydrogens is 228 g/mol. The minimum absolute atomic E-state index is 0.871. The summed E-state index contributed by atoms with van der Waals surface area (Å²) in [5.74, 6) is 5.41. The Morgan fingerprint density at radius 3 is 1.63 bits per heavy atom. The van der Waals surface area contributed by atoms with E-state index in [0.717, 1.165) is 24.2 Å². The molecule has 0 bridgehead atoms. The molecule has 0 aromatic rings. The van der Waals surface area contributed by atoms with Gasteiger partial charge in [0.1, 0.15) is 0 Å². The van der Waals surface area contributed by atoms with E-state index in [9.17, 15) is 0 Å². The largest absolute Gasteiger partial charge is 0.120 e. The van der Waals surface area contributed by atoms with Crippen LogP contribution >= 0.6 is 0 Å². The third kappa shape index (κ3) is 13.8. The van der Waals surface area contributed by atoms with Crippen molar-refractivity contribution in [3.8, 4) is 12.3 Å². The van der Waals surface area contributed by atoms with E-state index in [2.05, 4.69) is 33.6 Å². The molecule has 2 unspecified atom stereocenters. The molecule has 0 nitrogen and oxygen atoms in total. The second kappa shape index (κ2) is 12.6. The van der Waals surface area contributed by atoms with Crippen LogP contribution in [-0.4, -0.2) is 0 Å². The van der Waals surface area contributed by atoms with Gasteiger partial charge < -0.3 is 0 Å². The number of terminal acetylenes is 1. The van der Waals surface area contributed by atoms with E-state index in [1.807, 2.05) is 0 Å². The molecule has 0 aromatic carbocycles. The molecule has 0 heterocycles. The second-order valence-corrected chi connectivity index (χ2v) is 6.92. The summed E-state index contributed by atoms with van der Waals surface area (Å²) in [5, 5.41) is 0. The molecule has 0 saturated carbocycles. The topological polar surface area (TPSA) is 0 Å². The van der Waals surface area contributed by atoms with Crippen molar-refractivity contribution in [3.05, 3.63) is 0 Å². The first-order valence-electron chi connectivity index (χ1n) is 8.49. The molecule has 0 aliphatic rings. The molecule has 0 N–H and O–H groups in total. The third-order valence-electron chi connectivity index (χ3n) is 4.14. The molecule has 0 amide bonds. The molecule has 112 valence electrons. The summed E-state index contributed by atoms with van der Waals surface area (Å²) >= 11 is 0. The Kier molecular flexibility index (Phi) is 12.3. The van der Waals surface area contributed by atoms with Gasteiger partial charge in [-0.15, -0.1) is 12.3 Å². The van der Waals surface area contributed by atoms with Gasteiger partial charge in [0.25, 0.3) is 0 Å². The lowest BCUT2D eigenvalue weighted by atomic mass is 9.92. The molecule has 0 heteroatoms. The molecule has 0 radical (unpaired) electrons. The highest BCUT2D eigenvalue weighted by Gasteiger charge is 2.06. The van der Waals surface area contributed by atoms with Crippen molar-refractivity contribution in [1.29, 1.82) is 0 Å². The van der Waals surface area contributed by atoms with Crippen LogP contribution in [0.5, 0.6) is 0 Å². The van der Waals surface area contributed by atoms with Crippen LogP contribution in [0.2, 0.25) is 0 Å². The Labute approximate surface area is 122 Å². The molecule has 0 rings (SSSR count). The van der Waals surface area contributed by atoms with Crippen LogP contribution in [0.1, 0.15) is 91.9 Å². The number of rotatable bonds is 12. The van der Waals surface area contributed by atoms with Gasteiger partial charge in [-0.2, -0.15) is 0 Å². The summed E-state index contributed by atoms with van der Waals surface area (Å²) in [4.78, 5) is 0. The average Bonchev–Trinajstić information content (AvgIpc) is 2.34. The van der Waals surface area contributed by atoms with Crippen LogP contribution in [0.25, 0.3) is 0 Å². The molecule has 0 spiro atoms. The van der Waals surface area contributed by atoms with Gasteiger partial charge in [-0.25, -0.2) is 0 Å². The quantitative estimate of drug-likeness (QED) is 0.281. The molecule has 0 aliphatic carbocycles. The maximum absolute atomic E-state index is 5.27. The third-order valence-corrected chi connectivity index (χ3v) is 4.14. The summed E-state index contributed by atoms with van der Waals surface area (Å²) in [6.45, 7) is 9.48. The Bertz CT molecular complexity index is 221. The van der Waals surface area contributed by atoms with Crippen molar-refractivity contribution < 1.29 is 0 Å². The molecule has 2 atom stereocenters. The van der Waals surface area contributed by atoms with Gasteiger partial charge in [-0.1, -0.05) is 79.1 Å². The second-order valence-electron chi connectivity index (χ2n) is 6.92. The lowest BCUT2D eigenvalue weighted by molar-refractivity contribution is 0.387. The molecule has 0 aromatic heterocycles. The normalized spacial score (nSPS) is 14.3. The van der Waals surface area contributed by atoms with Gasteiger partial charge in [0.05, 0.1) is 0 Å². The Balaban J connectivity index is 3.38. The fraction of sp³-hybridized carbons (Fsp3) is 0.895. The van der Waals surface area contributed by atoms with Gasteiger partial charge in [-0.3, -0.25) is 0 Å². The fourth-order valence-electron chi connectivity index (χ4n) is 2.70. The van der Waals surface area contributed by atoms with Crippen LogP contribution < -0.4 is 0 Å². The zero-order valence-electron chi connectivity index (χ0n) is 13.9. The van der Waals surface area contributed by atoms with Crippen molar-refractivity contribution in [2.75, 3.05) is 0 Å². The summed E-state index contributed by atoms with van der Waals surface area (Å²) in [5.41, 5.74) is 0. The van der Waals surface area contributed by atoms with Crippen molar-refractivity contribution in [2.45, 2.75) is 91.9 Å². The average molecular weight is 264 g/mol. The Morgan fingerprint density at radius 2 is 1.16 bits per heavy atom. The van der Waals surface area contributed by atoms with Crippen LogP contribution in [0, 0.1) is 30.1 Å². The predicted octanol–water partition coefficient (Wildman–Crippen LogP) is 6.45. The molecule has 0 fully saturated rings. The van der Waals surface area contributed by atoms with Crippen LogP contribution in [0.4, 0.5) is 0 Å². The Morgan fingerprint density at radius 1 is 0.684 bits per heavy atom. The van der Waals surface area contributed by atoms with Gasteiger partial charge >= 0.3 is 0 Å². The maximum atomic E-state index is 5.27. The van der Waals surface area contributed by atoms with E-state index in [4.69, 9.17) is 6.42 Å². The van der Waals surface area contributed by atoms with Crippen molar-refractivity contribution in [2.24, 2.45) is 17.8 Å². The highest BCUT2D eigenvalue weighted by atomic mass is 14.1. The highest BCUT2D eigenvalue weighted by molar-refractivity contribution is 4.82. The van der Waals surface area contributed by atoms with Gasteiger partial charge in [-0.05, 0) is 24.2 Å². The minimum Gasteiger partial charge on any atom is -0.120 e. The van der Waals surface area contributed by atoms with Gasteiger partial charge in [0, 0.05) is 6.42 Å². The first-order chi connectivity index (χ1) is 9.06. The van der Waals surface area contributed by atoms with Gasteiger partial charge in [0.15, 0.2) is 0 Å². The zero-order valence-corrected chi connectivity index (χ0v) is 13.9. The van der Waals surface area contributed by atoms with Gasteiger partial charge in [0.2, 0.25) is 0 Å². The van der Waals surface area contributed by atoms with E-state index >= 15 is 0 Å². The minimum atomic E-state index is 0.871. The lowest BCUT2D eigenvalue weighted by Crippen LogP contribution is -2.00. The monoisotopic (exact) mass is 264 g/mol. The summed E-state index contributed by atoms with van der Waals surface area (Å²) in [7, 11) is 0. The fourth-order valence-corrected chi connectivity index (χ4v) is 2.70. The first kappa shape index (κ1) is 18.6. The lowest BCUT2D eigenvalue weighted by Gasteiger charge is -2.14. The molecule has 0 aliphatic heterocycles. The number of hydrogen-bond donors (Lipinski definition) is 0. The smallest absolute Gasteiger partial charge is 0.00860 e. The molecular formula is C19H36. The SMILES string of the molecule is C#CCCCCC(C)CCCC(C)CCCC(C)C. The van der Waals surface area contributed by atoms with E-state index in [0.29, 0.717) is 0 Å². The summed E-state index contributed by atoms with van der Waals surface area (Å²) < 4.78 is 0. The highest BCUT2D eigenvalue weighted by Crippen LogP contribution is 2.21. The van der Waals surface area contributed by atoms with E-state index in [1.165, 1.54) is 57.8 Å². The predicted molar refractivity (Wildman–Crippen MR) is 88.2 cm³/mol. The van der Waals surface area contributed by atoms with E-state index < -0.39 is 0 Å². The van der Waals surface area contributed by atoms with Crippen molar-refractivity contribution in [3.63, 3.8) is 0 Å².